The minimum atomic E-state index is -0.184. The van der Waals surface area contributed by atoms with Crippen molar-refractivity contribution < 1.29 is 14.3 Å². The van der Waals surface area contributed by atoms with Gasteiger partial charge in [0.2, 0.25) is 0 Å². The van der Waals surface area contributed by atoms with Gasteiger partial charge in [-0.3, -0.25) is 4.79 Å². The third kappa shape index (κ3) is 5.11. The molecule has 1 atom stereocenters. The van der Waals surface area contributed by atoms with E-state index in [0.717, 1.165) is 55.2 Å². The Hall–Kier alpha value is -1.79. The summed E-state index contributed by atoms with van der Waals surface area (Å²) in [6, 6.07) is 10.2. The fourth-order valence-corrected chi connectivity index (χ4v) is 3.76. The molecule has 0 N–H and O–H groups in total. The molecular weight excluding hydrogens is 348 g/mol. The van der Waals surface area contributed by atoms with Gasteiger partial charge in [-0.2, -0.15) is 0 Å². The van der Waals surface area contributed by atoms with Crippen molar-refractivity contribution in [2.24, 2.45) is 0 Å². The number of carbonyl (C=O) groups is 1. The summed E-state index contributed by atoms with van der Waals surface area (Å²) in [7, 11) is 0. The van der Waals surface area contributed by atoms with E-state index in [2.05, 4.69) is 28.6 Å². The maximum Gasteiger partial charge on any atom is 0.316 e. The first-order chi connectivity index (χ1) is 12.8. The van der Waals surface area contributed by atoms with E-state index in [9.17, 15) is 4.79 Å². The van der Waals surface area contributed by atoms with Crippen LogP contribution < -0.4 is 0 Å². The Morgan fingerprint density at radius 3 is 2.96 bits per heavy atom. The van der Waals surface area contributed by atoms with Gasteiger partial charge >= 0.3 is 5.97 Å². The van der Waals surface area contributed by atoms with Gasteiger partial charge in [0.25, 0.3) is 0 Å². The number of aromatic nitrogens is 2. The van der Waals surface area contributed by atoms with E-state index >= 15 is 0 Å². The molecule has 1 aromatic carbocycles. The summed E-state index contributed by atoms with van der Waals surface area (Å²) in [5.74, 6) is 0.0943. The van der Waals surface area contributed by atoms with Crippen LogP contribution in [0.5, 0.6) is 0 Å². The molecule has 0 radical (unpaired) electrons. The number of esters is 1. The Morgan fingerprint density at radius 2 is 2.23 bits per heavy atom. The zero-order valence-electron chi connectivity index (χ0n) is 15.2. The van der Waals surface area contributed by atoms with E-state index in [4.69, 9.17) is 9.47 Å². The van der Waals surface area contributed by atoms with E-state index < -0.39 is 0 Å². The smallest absolute Gasteiger partial charge is 0.316 e. The molecule has 6 heteroatoms. The quantitative estimate of drug-likeness (QED) is 0.375. The Bertz CT molecular complexity index is 696. The molecule has 1 unspecified atom stereocenters. The van der Waals surface area contributed by atoms with Crippen LogP contribution in [-0.2, 0) is 20.8 Å². The molecule has 1 fully saturated rings. The maximum atomic E-state index is 11.9. The minimum Gasteiger partial charge on any atom is -0.465 e. The Balaban J connectivity index is 1.71. The SMILES string of the molecule is CCCCOC(=O)CSc1ncc(-c2ccccc2)n1CC1CCCO1. The molecule has 1 aliphatic rings. The molecule has 1 aromatic heterocycles. The zero-order chi connectivity index (χ0) is 18.2. The standard InChI is InChI=1S/C20H26N2O3S/c1-2-3-11-25-19(23)15-26-20-21-13-18(16-8-5-4-6-9-16)22(20)14-17-10-7-12-24-17/h4-6,8-9,13,17H,2-3,7,10-12,14-15H2,1H3. The van der Waals surface area contributed by atoms with Crippen LogP contribution >= 0.6 is 11.8 Å². The third-order valence-corrected chi connectivity index (χ3v) is 5.34. The number of thioether (sulfide) groups is 1. The number of hydrogen-bond acceptors (Lipinski definition) is 5. The van der Waals surface area contributed by atoms with Gasteiger partial charge in [0, 0.05) is 6.61 Å². The van der Waals surface area contributed by atoms with E-state index in [0.29, 0.717) is 6.61 Å². The van der Waals surface area contributed by atoms with Gasteiger partial charge < -0.3 is 14.0 Å². The third-order valence-electron chi connectivity index (χ3n) is 4.38. The highest BCUT2D eigenvalue weighted by atomic mass is 32.2. The molecule has 140 valence electrons. The van der Waals surface area contributed by atoms with Crippen molar-refractivity contribution in [3.63, 3.8) is 0 Å². The summed E-state index contributed by atoms with van der Waals surface area (Å²) in [6.45, 7) is 4.16. The largest absolute Gasteiger partial charge is 0.465 e. The molecular formula is C20H26N2O3S. The first-order valence-electron chi connectivity index (χ1n) is 9.29. The van der Waals surface area contributed by atoms with Crippen LogP contribution in [0.3, 0.4) is 0 Å². The molecule has 0 spiro atoms. The molecule has 1 saturated heterocycles. The highest BCUT2D eigenvalue weighted by molar-refractivity contribution is 7.99. The first-order valence-corrected chi connectivity index (χ1v) is 10.3. The molecule has 3 rings (SSSR count). The van der Waals surface area contributed by atoms with Crippen LogP contribution in [-0.4, -0.2) is 40.6 Å². The summed E-state index contributed by atoms with van der Waals surface area (Å²) in [5, 5.41) is 0.840. The van der Waals surface area contributed by atoms with Gasteiger partial charge in [-0.1, -0.05) is 55.4 Å². The van der Waals surface area contributed by atoms with Crippen LogP contribution in [0.2, 0.25) is 0 Å². The highest BCUT2D eigenvalue weighted by Crippen LogP contribution is 2.28. The van der Waals surface area contributed by atoms with Crippen molar-refractivity contribution >= 4 is 17.7 Å². The number of carbonyl (C=O) groups excluding carboxylic acids is 1. The summed E-state index contributed by atoms with van der Waals surface area (Å²) in [5.41, 5.74) is 2.18. The molecule has 0 saturated carbocycles. The van der Waals surface area contributed by atoms with E-state index in [1.807, 2.05) is 24.4 Å². The zero-order valence-corrected chi connectivity index (χ0v) is 16.0. The number of rotatable bonds is 9. The summed E-state index contributed by atoms with van der Waals surface area (Å²) in [6.07, 6.45) is 6.19. The number of imidazole rings is 1. The second-order valence-electron chi connectivity index (χ2n) is 6.40. The number of nitrogens with zero attached hydrogens (tertiary/aromatic N) is 2. The van der Waals surface area contributed by atoms with Gasteiger partial charge in [0.05, 0.1) is 36.9 Å². The lowest BCUT2D eigenvalue weighted by atomic mass is 10.1. The summed E-state index contributed by atoms with van der Waals surface area (Å²) in [4.78, 5) is 16.5. The molecule has 0 aliphatic carbocycles. The van der Waals surface area contributed by atoms with Gasteiger partial charge in [-0.05, 0) is 24.8 Å². The normalized spacial score (nSPS) is 16.7. The average molecular weight is 375 g/mol. The molecule has 0 bridgehead atoms. The molecule has 5 nitrogen and oxygen atoms in total. The van der Waals surface area contributed by atoms with Crippen LogP contribution in [0.25, 0.3) is 11.3 Å². The predicted octanol–water partition coefficient (Wildman–Crippen LogP) is 4.16. The molecule has 26 heavy (non-hydrogen) atoms. The summed E-state index contributed by atoms with van der Waals surface area (Å²) >= 11 is 1.43. The van der Waals surface area contributed by atoms with Crippen LogP contribution in [0.4, 0.5) is 0 Å². The Labute approximate surface area is 159 Å². The molecule has 2 heterocycles. The Morgan fingerprint density at radius 1 is 1.38 bits per heavy atom. The maximum absolute atomic E-state index is 11.9. The van der Waals surface area contributed by atoms with Gasteiger partial charge in [0.1, 0.15) is 0 Å². The number of unbranched alkanes of at least 4 members (excludes halogenated alkanes) is 1. The monoisotopic (exact) mass is 374 g/mol. The molecule has 2 aromatic rings. The van der Waals surface area contributed by atoms with Crippen LogP contribution in [0.1, 0.15) is 32.6 Å². The Kier molecular flexibility index (Phi) is 7.14. The second-order valence-corrected chi connectivity index (χ2v) is 7.34. The first kappa shape index (κ1) is 19.0. The lowest BCUT2D eigenvalue weighted by molar-refractivity contribution is -0.140. The predicted molar refractivity (Wildman–Crippen MR) is 103 cm³/mol. The average Bonchev–Trinajstić information content (AvgIpc) is 3.31. The van der Waals surface area contributed by atoms with Gasteiger partial charge in [0.15, 0.2) is 5.16 Å². The van der Waals surface area contributed by atoms with Gasteiger partial charge in [-0.25, -0.2) is 4.98 Å². The molecule has 1 aliphatic heterocycles. The van der Waals surface area contributed by atoms with Crippen molar-refractivity contribution in [1.29, 1.82) is 0 Å². The van der Waals surface area contributed by atoms with Crippen molar-refractivity contribution in [3.05, 3.63) is 36.5 Å². The van der Waals surface area contributed by atoms with Crippen molar-refractivity contribution in [3.8, 4) is 11.3 Å². The van der Waals surface area contributed by atoms with E-state index in [-0.39, 0.29) is 17.8 Å². The van der Waals surface area contributed by atoms with E-state index in [1.165, 1.54) is 11.8 Å². The lowest BCUT2D eigenvalue weighted by Crippen LogP contribution is -2.17. The minimum absolute atomic E-state index is 0.184. The fourth-order valence-electron chi connectivity index (χ4n) is 2.98. The van der Waals surface area contributed by atoms with Crippen molar-refractivity contribution in [1.82, 2.24) is 9.55 Å². The number of benzene rings is 1. The highest BCUT2D eigenvalue weighted by Gasteiger charge is 2.21. The molecule has 0 amide bonds. The number of hydrogen-bond donors (Lipinski definition) is 0. The fraction of sp³-hybridized carbons (Fsp3) is 0.500. The van der Waals surface area contributed by atoms with Crippen LogP contribution in [0.15, 0.2) is 41.7 Å². The number of ether oxygens (including phenoxy) is 2. The van der Waals surface area contributed by atoms with Gasteiger partial charge in [-0.15, -0.1) is 0 Å². The lowest BCUT2D eigenvalue weighted by Gasteiger charge is -2.16. The van der Waals surface area contributed by atoms with Crippen molar-refractivity contribution in [2.75, 3.05) is 19.0 Å². The topological polar surface area (TPSA) is 53.3 Å². The summed E-state index contributed by atoms with van der Waals surface area (Å²) < 4.78 is 13.2. The second kappa shape index (κ2) is 9.78. The van der Waals surface area contributed by atoms with Crippen LogP contribution in [0, 0.1) is 0 Å². The van der Waals surface area contributed by atoms with E-state index in [1.54, 1.807) is 0 Å². The van der Waals surface area contributed by atoms with Crippen molar-refractivity contribution in [2.45, 2.75) is 50.4 Å².